The zero-order valence-electron chi connectivity index (χ0n) is 18.8. The van der Waals surface area contributed by atoms with Gasteiger partial charge in [-0.1, -0.05) is 36.3 Å². The molecule has 0 amide bonds. The number of thiophene rings is 1. The quantitative estimate of drug-likeness (QED) is 0.210. The summed E-state index contributed by atoms with van der Waals surface area (Å²) >= 11 is 1.65. The molecule has 9 nitrogen and oxygen atoms in total. The van der Waals surface area contributed by atoms with Crippen molar-refractivity contribution in [1.82, 2.24) is 15.0 Å². The normalized spacial score (nSPS) is 11.0. The SMILES string of the molecule is CCN(Cc1ccc(OCc2cccs2)c(OC)c1)Cc1nc(-c2cccc([N+](=O)[O-])c2)no1. The van der Waals surface area contributed by atoms with Crippen molar-refractivity contribution in [3.8, 4) is 22.9 Å². The first-order valence-corrected chi connectivity index (χ1v) is 11.6. The average Bonchev–Trinajstić information content (AvgIpc) is 3.55. The van der Waals surface area contributed by atoms with E-state index in [0.29, 0.717) is 48.5 Å². The molecule has 0 saturated carbocycles. The summed E-state index contributed by atoms with van der Waals surface area (Å²) in [5.41, 5.74) is 1.58. The van der Waals surface area contributed by atoms with Gasteiger partial charge in [0, 0.05) is 29.1 Å². The Balaban J connectivity index is 1.41. The van der Waals surface area contributed by atoms with Crippen LogP contribution in [0.3, 0.4) is 0 Å². The van der Waals surface area contributed by atoms with Crippen LogP contribution in [0.2, 0.25) is 0 Å². The number of ether oxygens (including phenoxy) is 2. The summed E-state index contributed by atoms with van der Waals surface area (Å²) in [6.45, 7) is 4.39. The topological polar surface area (TPSA) is 104 Å². The molecule has 0 radical (unpaired) electrons. The minimum Gasteiger partial charge on any atom is -0.493 e. The summed E-state index contributed by atoms with van der Waals surface area (Å²) in [5.74, 6) is 2.13. The van der Waals surface area contributed by atoms with Gasteiger partial charge >= 0.3 is 0 Å². The highest BCUT2D eigenvalue weighted by molar-refractivity contribution is 7.09. The number of nitro groups is 1. The third-order valence-corrected chi connectivity index (χ3v) is 6.02. The largest absolute Gasteiger partial charge is 0.493 e. The monoisotopic (exact) mass is 480 g/mol. The molecule has 4 rings (SSSR count). The summed E-state index contributed by atoms with van der Waals surface area (Å²) < 4.78 is 16.9. The van der Waals surface area contributed by atoms with Crippen LogP contribution in [-0.4, -0.2) is 33.6 Å². The fraction of sp³-hybridized carbons (Fsp3) is 0.250. The Hall–Kier alpha value is -3.76. The summed E-state index contributed by atoms with van der Waals surface area (Å²) in [6.07, 6.45) is 0. The third kappa shape index (κ3) is 5.77. The van der Waals surface area contributed by atoms with Gasteiger partial charge in [-0.15, -0.1) is 11.3 Å². The Morgan fingerprint density at radius 1 is 1.12 bits per heavy atom. The van der Waals surface area contributed by atoms with Crippen LogP contribution in [0.15, 0.2) is 64.5 Å². The lowest BCUT2D eigenvalue weighted by Gasteiger charge is -2.19. The second-order valence-corrected chi connectivity index (χ2v) is 8.51. The Morgan fingerprint density at radius 3 is 2.74 bits per heavy atom. The minimum absolute atomic E-state index is 0.0178. The van der Waals surface area contributed by atoms with E-state index < -0.39 is 4.92 Å². The number of hydrogen-bond acceptors (Lipinski definition) is 9. The molecule has 0 unspecified atom stereocenters. The molecular weight excluding hydrogens is 456 g/mol. The predicted molar refractivity (Wildman–Crippen MR) is 128 cm³/mol. The van der Waals surface area contributed by atoms with Crippen molar-refractivity contribution in [2.75, 3.05) is 13.7 Å². The van der Waals surface area contributed by atoms with Crippen LogP contribution >= 0.6 is 11.3 Å². The van der Waals surface area contributed by atoms with Crippen LogP contribution in [-0.2, 0) is 19.7 Å². The molecule has 0 N–H and O–H groups in total. The van der Waals surface area contributed by atoms with E-state index in [0.717, 1.165) is 17.0 Å². The molecule has 0 aliphatic carbocycles. The van der Waals surface area contributed by atoms with Gasteiger partial charge in [-0.25, -0.2) is 0 Å². The van der Waals surface area contributed by atoms with Crippen molar-refractivity contribution in [1.29, 1.82) is 0 Å². The maximum absolute atomic E-state index is 11.0. The predicted octanol–water partition coefficient (Wildman–Crippen LogP) is 5.32. The Kier molecular flexibility index (Phi) is 7.51. The zero-order chi connectivity index (χ0) is 23.9. The maximum Gasteiger partial charge on any atom is 0.270 e. The van der Waals surface area contributed by atoms with E-state index in [2.05, 4.69) is 15.0 Å². The van der Waals surface area contributed by atoms with Crippen molar-refractivity contribution < 1.29 is 18.9 Å². The zero-order valence-corrected chi connectivity index (χ0v) is 19.7. The number of aromatic nitrogens is 2. The highest BCUT2D eigenvalue weighted by Crippen LogP contribution is 2.30. The van der Waals surface area contributed by atoms with Crippen LogP contribution in [0.1, 0.15) is 23.3 Å². The Labute approximate surface area is 200 Å². The molecule has 2 heterocycles. The van der Waals surface area contributed by atoms with Crippen LogP contribution in [0.25, 0.3) is 11.4 Å². The van der Waals surface area contributed by atoms with Gasteiger partial charge in [0.1, 0.15) is 6.61 Å². The van der Waals surface area contributed by atoms with E-state index >= 15 is 0 Å². The van der Waals surface area contributed by atoms with Crippen molar-refractivity contribution in [3.63, 3.8) is 0 Å². The molecule has 0 saturated heterocycles. The highest BCUT2D eigenvalue weighted by Gasteiger charge is 2.16. The minimum atomic E-state index is -0.448. The van der Waals surface area contributed by atoms with Crippen molar-refractivity contribution in [3.05, 3.63) is 86.4 Å². The smallest absolute Gasteiger partial charge is 0.270 e. The first-order valence-electron chi connectivity index (χ1n) is 10.7. The number of hydrogen-bond donors (Lipinski definition) is 0. The number of methoxy groups -OCH3 is 1. The first-order chi connectivity index (χ1) is 16.6. The fourth-order valence-electron chi connectivity index (χ4n) is 3.40. The van der Waals surface area contributed by atoms with Gasteiger partial charge in [-0.05, 0) is 35.7 Å². The van der Waals surface area contributed by atoms with Crippen molar-refractivity contribution in [2.24, 2.45) is 0 Å². The van der Waals surface area contributed by atoms with E-state index in [4.69, 9.17) is 14.0 Å². The van der Waals surface area contributed by atoms with Gasteiger partial charge in [0.05, 0.1) is 18.6 Å². The van der Waals surface area contributed by atoms with Gasteiger partial charge in [0.25, 0.3) is 5.69 Å². The fourth-order valence-corrected chi connectivity index (χ4v) is 4.01. The molecule has 34 heavy (non-hydrogen) atoms. The standard InChI is InChI=1S/C24H24N4O5S/c1-3-27(15-23-25-24(26-33-23)18-6-4-7-19(13-18)28(29)30)14-17-9-10-21(22(12-17)31-2)32-16-20-8-5-11-34-20/h4-13H,3,14-16H2,1-2H3. The number of nitro benzene ring substituents is 1. The molecular formula is C24H24N4O5S. The molecule has 0 aliphatic heterocycles. The molecule has 10 heteroatoms. The van der Waals surface area contributed by atoms with Crippen LogP contribution in [0.4, 0.5) is 5.69 Å². The number of nitrogens with zero attached hydrogens (tertiary/aromatic N) is 4. The van der Waals surface area contributed by atoms with Crippen molar-refractivity contribution in [2.45, 2.75) is 26.6 Å². The second kappa shape index (κ2) is 10.9. The third-order valence-electron chi connectivity index (χ3n) is 5.17. The first kappa shape index (κ1) is 23.4. The Bertz CT molecular complexity index is 1240. The van der Waals surface area contributed by atoms with Gasteiger partial charge in [0.2, 0.25) is 11.7 Å². The molecule has 176 valence electrons. The Morgan fingerprint density at radius 2 is 2.00 bits per heavy atom. The molecule has 2 aromatic carbocycles. The summed E-state index contributed by atoms with van der Waals surface area (Å²) in [7, 11) is 1.63. The molecule has 0 fully saturated rings. The molecule has 2 aromatic heterocycles. The number of rotatable bonds is 11. The summed E-state index contributed by atoms with van der Waals surface area (Å²) in [5, 5.41) is 17.0. The number of non-ortho nitro benzene ring substituents is 1. The van der Waals surface area contributed by atoms with Gasteiger partial charge in [0.15, 0.2) is 11.5 Å². The van der Waals surface area contributed by atoms with E-state index in [1.54, 1.807) is 30.6 Å². The molecule has 0 bridgehead atoms. The maximum atomic E-state index is 11.0. The summed E-state index contributed by atoms with van der Waals surface area (Å²) in [6, 6.07) is 16.1. The molecule has 0 spiro atoms. The molecule has 0 aliphatic rings. The molecule has 4 aromatic rings. The van der Waals surface area contributed by atoms with Crippen LogP contribution in [0.5, 0.6) is 11.5 Å². The van der Waals surface area contributed by atoms with E-state index in [-0.39, 0.29) is 5.69 Å². The van der Waals surface area contributed by atoms with Gasteiger partial charge in [-0.3, -0.25) is 15.0 Å². The van der Waals surface area contributed by atoms with Crippen molar-refractivity contribution >= 4 is 17.0 Å². The second-order valence-electron chi connectivity index (χ2n) is 7.48. The number of benzene rings is 2. The summed E-state index contributed by atoms with van der Waals surface area (Å²) in [4.78, 5) is 18.3. The van der Waals surface area contributed by atoms with Gasteiger partial charge < -0.3 is 14.0 Å². The molecule has 0 atom stereocenters. The van der Waals surface area contributed by atoms with E-state index in [9.17, 15) is 10.1 Å². The average molecular weight is 481 g/mol. The van der Waals surface area contributed by atoms with Crippen LogP contribution in [0, 0.1) is 10.1 Å². The lowest BCUT2D eigenvalue weighted by Crippen LogP contribution is -2.22. The van der Waals surface area contributed by atoms with Crippen LogP contribution < -0.4 is 9.47 Å². The van der Waals surface area contributed by atoms with Gasteiger partial charge in [-0.2, -0.15) is 4.98 Å². The highest BCUT2D eigenvalue weighted by atomic mass is 32.1. The lowest BCUT2D eigenvalue weighted by molar-refractivity contribution is -0.384. The van der Waals surface area contributed by atoms with E-state index in [1.807, 2.05) is 42.6 Å². The lowest BCUT2D eigenvalue weighted by atomic mass is 10.2. The van der Waals surface area contributed by atoms with E-state index in [1.165, 1.54) is 12.1 Å².